The molecule has 1 N–H and O–H groups in total. The molecule has 1 aromatic heterocycles. The minimum Gasteiger partial charge on any atom is -0.317 e. The van der Waals surface area contributed by atoms with Gasteiger partial charge in [-0.1, -0.05) is 30.3 Å². The second-order valence-electron chi connectivity index (χ2n) is 4.82. The Kier molecular flexibility index (Phi) is 6.17. The molecule has 0 fully saturated rings. The van der Waals surface area contributed by atoms with Crippen LogP contribution in [0.25, 0.3) is 0 Å². The van der Waals surface area contributed by atoms with Crippen molar-refractivity contribution in [3.63, 3.8) is 0 Å². The second kappa shape index (κ2) is 8.48. The molecule has 2 rings (SSSR count). The Bertz CT molecular complexity index is 423. The van der Waals surface area contributed by atoms with E-state index in [4.69, 9.17) is 0 Å². The summed E-state index contributed by atoms with van der Waals surface area (Å²) in [7, 11) is 0. The number of unbranched alkanes of at least 4 members (excludes halogenated alkanes) is 1. The number of nitrogens with one attached hydrogen (secondary N) is 1. The number of hydrogen-bond donors (Lipinski definition) is 1. The van der Waals surface area contributed by atoms with Crippen LogP contribution in [0.2, 0.25) is 0 Å². The summed E-state index contributed by atoms with van der Waals surface area (Å²) in [5.74, 6) is 0. The van der Waals surface area contributed by atoms with Crippen molar-refractivity contribution in [2.75, 3.05) is 13.1 Å². The fourth-order valence-corrected chi connectivity index (χ4v) is 2.15. The van der Waals surface area contributed by atoms with Crippen LogP contribution in [-0.2, 0) is 13.0 Å². The molecule has 1 heterocycles. The molecular weight excluding hydrogens is 234 g/mol. The first kappa shape index (κ1) is 13.8. The zero-order valence-electron chi connectivity index (χ0n) is 11.5. The van der Waals surface area contributed by atoms with Gasteiger partial charge in [-0.3, -0.25) is 4.68 Å². The molecule has 0 amide bonds. The average molecular weight is 257 g/mol. The maximum Gasteiger partial charge on any atom is 0.0489 e. The fraction of sp³-hybridized carbons (Fsp3) is 0.438. The molecule has 0 radical (unpaired) electrons. The van der Waals surface area contributed by atoms with Crippen molar-refractivity contribution in [2.45, 2.75) is 32.2 Å². The van der Waals surface area contributed by atoms with Gasteiger partial charge < -0.3 is 5.32 Å². The molecule has 1 aromatic carbocycles. The SMILES string of the molecule is c1ccc(CCCCNCCCn2cccn2)cc1. The lowest BCUT2D eigenvalue weighted by Crippen LogP contribution is -2.18. The van der Waals surface area contributed by atoms with Crippen molar-refractivity contribution >= 4 is 0 Å². The first-order valence-electron chi connectivity index (χ1n) is 7.17. The molecule has 3 nitrogen and oxygen atoms in total. The lowest BCUT2D eigenvalue weighted by atomic mass is 10.1. The van der Waals surface area contributed by atoms with Gasteiger partial charge in [0.05, 0.1) is 0 Å². The lowest BCUT2D eigenvalue weighted by Gasteiger charge is -2.05. The van der Waals surface area contributed by atoms with Crippen LogP contribution >= 0.6 is 0 Å². The Hall–Kier alpha value is -1.61. The number of rotatable bonds is 9. The third-order valence-electron chi connectivity index (χ3n) is 3.21. The van der Waals surface area contributed by atoms with E-state index in [0.717, 1.165) is 26.1 Å². The highest BCUT2D eigenvalue weighted by Gasteiger charge is 1.93. The number of hydrogen-bond acceptors (Lipinski definition) is 2. The smallest absolute Gasteiger partial charge is 0.0489 e. The van der Waals surface area contributed by atoms with E-state index in [1.54, 1.807) is 0 Å². The van der Waals surface area contributed by atoms with Gasteiger partial charge in [-0.25, -0.2) is 0 Å². The largest absolute Gasteiger partial charge is 0.317 e. The van der Waals surface area contributed by atoms with Gasteiger partial charge in [0.15, 0.2) is 0 Å². The topological polar surface area (TPSA) is 29.9 Å². The Labute approximate surface area is 115 Å². The van der Waals surface area contributed by atoms with Gasteiger partial charge in [0.1, 0.15) is 0 Å². The summed E-state index contributed by atoms with van der Waals surface area (Å²) < 4.78 is 1.98. The number of aryl methyl sites for hydroxylation is 2. The van der Waals surface area contributed by atoms with Crippen LogP contribution in [0.15, 0.2) is 48.8 Å². The van der Waals surface area contributed by atoms with E-state index >= 15 is 0 Å². The Morgan fingerprint density at radius 1 is 0.947 bits per heavy atom. The Morgan fingerprint density at radius 2 is 1.79 bits per heavy atom. The molecule has 0 atom stereocenters. The Balaban J connectivity index is 1.42. The minimum absolute atomic E-state index is 1.00. The zero-order chi connectivity index (χ0) is 13.2. The predicted octanol–water partition coefficient (Wildman–Crippen LogP) is 2.89. The summed E-state index contributed by atoms with van der Waals surface area (Å²) in [6.45, 7) is 3.20. The molecule has 0 spiro atoms. The van der Waals surface area contributed by atoms with Crippen LogP contribution < -0.4 is 5.32 Å². The molecular formula is C16H23N3. The summed E-state index contributed by atoms with van der Waals surface area (Å²) in [5.41, 5.74) is 1.45. The molecule has 102 valence electrons. The fourth-order valence-electron chi connectivity index (χ4n) is 2.15. The van der Waals surface area contributed by atoms with Gasteiger partial charge in [0, 0.05) is 18.9 Å². The summed E-state index contributed by atoms with van der Waals surface area (Å²) in [6.07, 6.45) is 8.68. The van der Waals surface area contributed by atoms with E-state index in [2.05, 4.69) is 40.7 Å². The normalized spacial score (nSPS) is 10.7. The molecule has 2 aromatic rings. The van der Waals surface area contributed by atoms with Gasteiger partial charge in [-0.2, -0.15) is 5.10 Å². The van der Waals surface area contributed by atoms with E-state index in [-0.39, 0.29) is 0 Å². The standard InChI is InChI=1S/C16H23N3/c1-2-8-16(9-3-1)10-4-5-11-17-12-6-14-19-15-7-13-18-19/h1-3,7-9,13,15,17H,4-6,10-12,14H2. The maximum atomic E-state index is 4.19. The zero-order valence-corrected chi connectivity index (χ0v) is 11.5. The summed E-state index contributed by atoms with van der Waals surface area (Å²) in [4.78, 5) is 0. The monoisotopic (exact) mass is 257 g/mol. The highest BCUT2D eigenvalue weighted by molar-refractivity contribution is 5.14. The average Bonchev–Trinajstić information content (AvgIpc) is 2.96. The molecule has 0 aliphatic heterocycles. The highest BCUT2D eigenvalue weighted by Crippen LogP contribution is 2.03. The lowest BCUT2D eigenvalue weighted by molar-refractivity contribution is 0.534. The van der Waals surface area contributed by atoms with Crippen LogP contribution in [0.4, 0.5) is 0 Å². The van der Waals surface area contributed by atoms with Crippen LogP contribution in [0.3, 0.4) is 0 Å². The molecule has 19 heavy (non-hydrogen) atoms. The molecule has 0 saturated heterocycles. The molecule has 0 aliphatic rings. The molecule has 0 unspecified atom stereocenters. The minimum atomic E-state index is 1.00. The number of benzene rings is 1. The van der Waals surface area contributed by atoms with Crippen LogP contribution in [0, 0.1) is 0 Å². The quantitative estimate of drug-likeness (QED) is 0.700. The molecule has 0 bridgehead atoms. The second-order valence-corrected chi connectivity index (χ2v) is 4.82. The van der Waals surface area contributed by atoms with Crippen LogP contribution in [-0.4, -0.2) is 22.9 Å². The van der Waals surface area contributed by atoms with Crippen molar-refractivity contribution in [3.05, 3.63) is 54.4 Å². The van der Waals surface area contributed by atoms with E-state index in [0.29, 0.717) is 0 Å². The number of aromatic nitrogens is 2. The Morgan fingerprint density at radius 3 is 2.58 bits per heavy atom. The first-order chi connectivity index (χ1) is 9.45. The van der Waals surface area contributed by atoms with E-state index < -0.39 is 0 Å². The van der Waals surface area contributed by atoms with Gasteiger partial charge in [-0.15, -0.1) is 0 Å². The summed E-state index contributed by atoms with van der Waals surface area (Å²) >= 11 is 0. The van der Waals surface area contributed by atoms with Gasteiger partial charge in [0.25, 0.3) is 0 Å². The molecule has 0 saturated carbocycles. The highest BCUT2D eigenvalue weighted by atomic mass is 15.3. The van der Waals surface area contributed by atoms with Gasteiger partial charge in [-0.05, 0) is 50.4 Å². The van der Waals surface area contributed by atoms with Crippen molar-refractivity contribution in [1.29, 1.82) is 0 Å². The summed E-state index contributed by atoms with van der Waals surface area (Å²) in [6, 6.07) is 12.7. The molecule has 0 aliphatic carbocycles. The van der Waals surface area contributed by atoms with E-state index in [1.165, 1.54) is 24.8 Å². The number of nitrogens with zero attached hydrogens (tertiary/aromatic N) is 2. The van der Waals surface area contributed by atoms with E-state index in [1.807, 2.05) is 23.1 Å². The predicted molar refractivity (Wildman–Crippen MR) is 79.1 cm³/mol. The van der Waals surface area contributed by atoms with Crippen LogP contribution in [0.1, 0.15) is 24.8 Å². The van der Waals surface area contributed by atoms with Crippen molar-refractivity contribution in [1.82, 2.24) is 15.1 Å². The maximum absolute atomic E-state index is 4.19. The third kappa shape index (κ3) is 5.71. The van der Waals surface area contributed by atoms with Crippen molar-refractivity contribution < 1.29 is 0 Å². The van der Waals surface area contributed by atoms with Crippen LogP contribution in [0.5, 0.6) is 0 Å². The summed E-state index contributed by atoms with van der Waals surface area (Å²) in [5, 5.41) is 7.68. The van der Waals surface area contributed by atoms with Crippen molar-refractivity contribution in [2.24, 2.45) is 0 Å². The van der Waals surface area contributed by atoms with Crippen molar-refractivity contribution in [3.8, 4) is 0 Å². The third-order valence-corrected chi connectivity index (χ3v) is 3.21. The van der Waals surface area contributed by atoms with Gasteiger partial charge >= 0.3 is 0 Å². The molecule has 3 heteroatoms. The first-order valence-corrected chi connectivity index (χ1v) is 7.17. The van der Waals surface area contributed by atoms with E-state index in [9.17, 15) is 0 Å². The van der Waals surface area contributed by atoms with Gasteiger partial charge in [0.2, 0.25) is 0 Å².